The number of carbonyl (C=O) groups is 2. The summed E-state index contributed by atoms with van der Waals surface area (Å²) in [4.78, 5) is 37.2. The van der Waals surface area contributed by atoms with Crippen molar-refractivity contribution in [3.05, 3.63) is 39.2 Å². The summed E-state index contributed by atoms with van der Waals surface area (Å²) in [5, 5.41) is 2.43. The van der Waals surface area contributed by atoms with E-state index in [9.17, 15) is 27.6 Å². The molecule has 1 fully saturated rings. The molecule has 3 amide bonds. The number of aryl methyl sites for hydroxylation is 2. The number of hydrogen-bond acceptors (Lipinski definition) is 6. The summed E-state index contributed by atoms with van der Waals surface area (Å²) < 4.78 is 57.8. The van der Waals surface area contributed by atoms with Crippen molar-refractivity contribution in [2.24, 2.45) is 0 Å². The molecule has 2 heterocycles. The van der Waals surface area contributed by atoms with Crippen LogP contribution in [0.4, 0.5) is 18.0 Å². The van der Waals surface area contributed by atoms with E-state index in [1.165, 1.54) is 6.07 Å². The maximum atomic E-state index is 13.7. The van der Waals surface area contributed by atoms with Crippen molar-refractivity contribution in [1.29, 1.82) is 0 Å². The van der Waals surface area contributed by atoms with E-state index >= 15 is 0 Å². The van der Waals surface area contributed by atoms with Crippen molar-refractivity contribution < 1.29 is 36.7 Å². The Balaban J connectivity index is 1.78. The van der Waals surface area contributed by atoms with Gasteiger partial charge in [-0.3, -0.25) is 9.69 Å². The fourth-order valence-corrected chi connectivity index (χ4v) is 4.24. The molecule has 1 aromatic heterocycles. The minimum Gasteiger partial charge on any atom is -0.490 e. The van der Waals surface area contributed by atoms with Gasteiger partial charge in [-0.15, -0.1) is 0 Å². The molecule has 1 saturated heterocycles. The van der Waals surface area contributed by atoms with Crippen LogP contribution in [-0.2, 0) is 28.5 Å². The van der Waals surface area contributed by atoms with Gasteiger partial charge in [0.2, 0.25) is 0 Å². The molecule has 1 aliphatic rings. The lowest BCUT2D eigenvalue weighted by atomic mass is 9.96. The van der Waals surface area contributed by atoms with Crippen molar-refractivity contribution in [2.75, 3.05) is 26.4 Å². The highest BCUT2D eigenvalue weighted by Crippen LogP contribution is 2.40. The summed E-state index contributed by atoms with van der Waals surface area (Å²) in [7, 11) is 0. The maximum Gasteiger partial charge on any atom is 0.417 e. The first-order valence-corrected chi connectivity index (χ1v) is 11.9. The van der Waals surface area contributed by atoms with Crippen LogP contribution in [0.1, 0.15) is 57.2 Å². The van der Waals surface area contributed by atoms with Crippen molar-refractivity contribution in [3.8, 4) is 5.75 Å². The largest absolute Gasteiger partial charge is 0.490 e. The summed E-state index contributed by atoms with van der Waals surface area (Å²) in [6.45, 7) is 7.39. The van der Waals surface area contributed by atoms with Gasteiger partial charge in [0.15, 0.2) is 0 Å². The molecule has 0 unspecified atom stereocenters. The van der Waals surface area contributed by atoms with Gasteiger partial charge in [0.05, 0.1) is 25.3 Å². The van der Waals surface area contributed by atoms with Gasteiger partial charge < -0.3 is 19.2 Å². The fraction of sp³-hybridized carbons (Fsp3) is 0.560. The average Bonchev–Trinajstić information content (AvgIpc) is 2.98. The topological polar surface area (TPSA) is 98.1 Å². The summed E-state index contributed by atoms with van der Waals surface area (Å²) in [6, 6.07) is 1.39. The molecule has 0 bridgehead atoms. The molecular weight excluding hydrogens is 481 g/mol. The minimum absolute atomic E-state index is 0.0771. The number of hydrogen-bond donors (Lipinski definition) is 1. The van der Waals surface area contributed by atoms with E-state index in [0.717, 1.165) is 4.90 Å². The average molecular weight is 513 g/mol. The van der Waals surface area contributed by atoms with Gasteiger partial charge in [0, 0.05) is 17.0 Å². The number of nitrogens with one attached hydrogen (secondary N) is 1. The van der Waals surface area contributed by atoms with E-state index in [2.05, 4.69) is 5.32 Å². The number of nitrogens with zero attached hydrogens (tertiary/aromatic N) is 1. The molecule has 0 radical (unpaired) electrons. The Morgan fingerprint density at radius 2 is 1.72 bits per heavy atom. The highest BCUT2D eigenvalue weighted by Gasteiger charge is 2.43. The second-order valence-corrected chi connectivity index (χ2v) is 9.17. The molecule has 11 heteroatoms. The number of alkyl halides is 3. The summed E-state index contributed by atoms with van der Waals surface area (Å²) in [6.07, 6.45) is -2.61. The maximum absolute atomic E-state index is 13.7. The van der Waals surface area contributed by atoms with Crippen LogP contribution < -0.4 is 15.7 Å². The summed E-state index contributed by atoms with van der Waals surface area (Å²) in [5.74, 6) is 0.0600. The highest BCUT2D eigenvalue weighted by atomic mass is 19.4. The first kappa shape index (κ1) is 27.5. The van der Waals surface area contributed by atoms with Crippen molar-refractivity contribution in [2.45, 2.75) is 65.1 Å². The standard InChI is InChI=1S/C25H31F3N2O6/c1-5-7-15-13-17-18(25(26,27)28)14-19(31)36-21(17)16(8-6-2)20(15)35-12-11-34-10-9-30-22(32)24(3,4)29-23(30)33/h13-14H,5-12H2,1-4H3,(H,29,33). The second kappa shape index (κ2) is 10.9. The Hall–Kier alpha value is -3.08. The zero-order valence-electron chi connectivity index (χ0n) is 20.8. The van der Waals surface area contributed by atoms with E-state index in [1.807, 2.05) is 13.8 Å². The lowest BCUT2D eigenvalue weighted by molar-refractivity contribution is -0.136. The Bertz CT molecular complexity index is 1190. The van der Waals surface area contributed by atoms with E-state index in [0.29, 0.717) is 48.6 Å². The molecule has 1 aromatic carbocycles. The predicted molar refractivity (Wildman–Crippen MR) is 126 cm³/mol. The number of ether oxygens (including phenoxy) is 2. The van der Waals surface area contributed by atoms with E-state index in [-0.39, 0.29) is 43.2 Å². The Morgan fingerprint density at radius 1 is 1.03 bits per heavy atom. The van der Waals surface area contributed by atoms with E-state index in [1.54, 1.807) is 13.8 Å². The van der Waals surface area contributed by atoms with Crippen LogP contribution in [0.15, 0.2) is 21.3 Å². The van der Waals surface area contributed by atoms with Gasteiger partial charge in [0.1, 0.15) is 23.5 Å². The Morgan fingerprint density at radius 3 is 2.31 bits per heavy atom. The van der Waals surface area contributed by atoms with Crippen LogP contribution >= 0.6 is 0 Å². The molecule has 3 rings (SSSR count). The van der Waals surface area contributed by atoms with Crippen LogP contribution in [0.25, 0.3) is 11.0 Å². The molecule has 198 valence electrons. The van der Waals surface area contributed by atoms with Crippen molar-refractivity contribution >= 4 is 22.9 Å². The lowest BCUT2D eigenvalue weighted by Gasteiger charge is -2.19. The number of rotatable bonds is 11. The van der Waals surface area contributed by atoms with Crippen LogP contribution in [0, 0.1) is 0 Å². The molecular formula is C25H31F3N2O6. The number of halogens is 3. The zero-order valence-corrected chi connectivity index (χ0v) is 20.8. The number of fused-ring (bicyclic) bond motifs is 1. The molecule has 1 aliphatic heterocycles. The number of benzene rings is 1. The quantitative estimate of drug-likeness (QED) is 0.272. The summed E-state index contributed by atoms with van der Waals surface area (Å²) >= 11 is 0. The third kappa shape index (κ3) is 5.83. The molecule has 0 saturated carbocycles. The molecule has 0 spiro atoms. The number of imide groups is 1. The first-order chi connectivity index (χ1) is 16.9. The van der Waals surface area contributed by atoms with Gasteiger partial charge >= 0.3 is 17.8 Å². The molecule has 8 nitrogen and oxygen atoms in total. The smallest absolute Gasteiger partial charge is 0.417 e. The normalized spacial score (nSPS) is 15.6. The minimum atomic E-state index is -4.71. The van der Waals surface area contributed by atoms with Crippen LogP contribution in [0.3, 0.4) is 0 Å². The van der Waals surface area contributed by atoms with Gasteiger partial charge in [-0.2, -0.15) is 13.2 Å². The SMILES string of the molecule is CCCc1cc2c(C(F)(F)F)cc(=O)oc2c(CCC)c1OCCOCCN1C(=O)NC(C)(C)C1=O. The van der Waals surface area contributed by atoms with E-state index in [4.69, 9.17) is 13.9 Å². The van der Waals surface area contributed by atoms with Gasteiger partial charge in [-0.25, -0.2) is 9.59 Å². The first-order valence-electron chi connectivity index (χ1n) is 11.9. The van der Waals surface area contributed by atoms with E-state index < -0.39 is 28.9 Å². The monoisotopic (exact) mass is 512 g/mol. The molecule has 0 atom stereocenters. The van der Waals surface area contributed by atoms with Gasteiger partial charge in [-0.1, -0.05) is 26.7 Å². The molecule has 36 heavy (non-hydrogen) atoms. The van der Waals surface area contributed by atoms with Crippen LogP contribution in [0.2, 0.25) is 0 Å². The van der Waals surface area contributed by atoms with Crippen molar-refractivity contribution in [3.63, 3.8) is 0 Å². The Labute approximate surface area is 206 Å². The van der Waals surface area contributed by atoms with Crippen molar-refractivity contribution in [1.82, 2.24) is 10.2 Å². The predicted octanol–water partition coefficient (Wildman–Crippen LogP) is 4.44. The molecule has 1 N–H and O–H groups in total. The number of amides is 3. The Kier molecular flexibility index (Phi) is 8.33. The third-order valence-corrected chi connectivity index (χ3v) is 5.86. The van der Waals surface area contributed by atoms with Crippen LogP contribution in [-0.4, -0.2) is 48.7 Å². The third-order valence-electron chi connectivity index (χ3n) is 5.86. The second-order valence-electron chi connectivity index (χ2n) is 9.17. The molecule has 0 aliphatic carbocycles. The fourth-order valence-electron chi connectivity index (χ4n) is 4.24. The van der Waals surface area contributed by atoms with Gasteiger partial charge in [0.25, 0.3) is 5.91 Å². The van der Waals surface area contributed by atoms with Gasteiger partial charge in [-0.05, 0) is 38.3 Å². The highest BCUT2D eigenvalue weighted by molar-refractivity contribution is 6.06. The lowest BCUT2D eigenvalue weighted by Crippen LogP contribution is -2.40. The number of carbonyl (C=O) groups excluding carboxylic acids is 2. The number of urea groups is 1. The molecule has 2 aromatic rings. The summed E-state index contributed by atoms with van der Waals surface area (Å²) in [5.41, 5.74) is -2.16. The zero-order chi connectivity index (χ0) is 26.7. The van der Waals surface area contributed by atoms with Crippen LogP contribution in [0.5, 0.6) is 5.75 Å².